The Balaban J connectivity index is 2.63. The monoisotopic (exact) mass is 355 g/mol. The van der Waals surface area contributed by atoms with Crippen LogP contribution in [0, 0.1) is 0 Å². The molecule has 1 heterocycles. The highest BCUT2D eigenvalue weighted by atomic mass is 79.9. The average Bonchev–Trinajstić information content (AvgIpc) is 2.25. The van der Waals surface area contributed by atoms with Gasteiger partial charge in [0.05, 0.1) is 8.26 Å². The van der Waals surface area contributed by atoms with Crippen LogP contribution in [0.3, 0.4) is 0 Å². The lowest BCUT2D eigenvalue weighted by molar-refractivity contribution is 0.192. The quantitative estimate of drug-likeness (QED) is 0.820. The van der Waals surface area contributed by atoms with Gasteiger partial charge in [0, 0.05) is 5.54 Å². The van der Waals surface area contributed by atoms with E-state index in [2.05, 4.69) is 37.2 Å². The van der Waals surface area contributed by atoms with E-state index < -0.39 is 6.09 Å². The molecule has 0 spiro atoms. The molecule has 0 aromatic carbocycles. The third-order valence-electron chi connectivity index (χ3n) is 1.29. The van der Waals surface area contributed by atoms with E-state index in [-0.39, 0.29) is 5.54 Å². The van der Waals surface area contributed by atoms with Gasteiger partial charge in [0.25, 0.3) is 0 Å². The number of thiophene rings is 1. The normalized spacial score (nSPS) is 11.3. The van der Waals surface area contributed by atoms with Crippen molar-refractivity contribution in [1.82, 2.24) is 5.32 Å². The summed E-state index contributed by atoms with van der Waals surface area (Å²) in [5.41, 5.74) is -0.294. The summed E-state index contributed by atoms with van der Waals surface area (Å²) in [4.78, 5) is 11.4. The smallest absolute Gasteiger partial charge is 0.398 e. The fourth-order valence-corrected chi connectivity index (χ4v) is 3.12. The molecule has 1 amide bonds. The molecule has 15 heavy (non-hydrogen) atoms. The number of rotatable bonds is 1. The molecule has 0 radical (unpaired) electrons. The van der Waals surface area contributed by atoms with Gasteiger partial charge in [-0.2, -0.15) is 0 Å². The summed E-state index contributed by atoms with van der Waals surface area (Å²) in [6.07, 6.45) is -0.447. The van der Waals surface area contributed by atoms with E-state index in [1.807, 2.05) is 26.8 Å². The van der Waals surface area contributed by atoms with Crippen molar-refractivity contribution in [2.45, 2.75) is 26.3 Å². The number of nitrogens with one attached hydrogen (secondary N) is 1. The van der Waals surface area contributed by atoms with Crippen molar-refractivity contribution >= 4 is 49.3 Å². The third kappa shape index (κ3) is 4.53. The lowest BCUT2D eigenvalue weighted by Gasteiger charge is -2.19. The zero-order valence-corrected chi connectivity index (χ0v) is 12.5. The van der Waals surface area contributed by atoms with E-state index >= 15 is 0 Å². The van der Waals surface area contributed by atoms with E-state index in [0.717, 1.165) is 8.26 Å². The molecule has 1 aromatic rings. The first kappa shape index (κ1) is 13.0. The van der Waals surface area contributed by atoms with Gasteiger partial charge in [-0.3, -0.25) is 0 Å². The van der Waals surface area contributed by atoms with Gasteiger partial charge in [-0.15, -0.1) is 0 Å². The number of hydrogen-bond acceptors (Lipinski definition) is 3. The zero-order chi connectivity index (χ0) is 11.6. The summed E-state index contributed by atoms with van der Waals surface area (Å²) in [7, 11) is 0. The maximum absolute atomic E-state index is 11.4. The Hall–Kier alpha value is -0.0700. The Morgan fingerprint density at radius 1 is 1.47 bits per heavy atom. The second-order valence-electron chi connectivity index (χ2n) is 3.95. The third-order valence-corrected chi connectivity index (χ3v) is 3.66. The largest absolute Gasteiger partial charge is 0.413 e. The van der Waals surface area contributed by atoms with Crippen molar-refractivity contribution in [3.63, 3.8) is 0 Å². The Bertz CT molecular complexity index is 371. The molecule has 0 fully saturated rings. The van der Waals surface area contributed by atoms with Crippen LogP contribution >= 0.6 is 43.2 Å². The van der Waals surface area contributed by atoms with E-state index in [9.17, 15) is 4.79 Å². The Kier molecular flexibility index (Phi) is 4.20. The molecule has 0 aliphatic heterocycles. The van der Waals surface area contributed by atoms with E-state index in [1.165, 1.54) is 11.3 Å². The Morgan fingerprint density at radius 2 is 2.07 bits per heavy atom. The van der Waals surface area contributed by atoms with Gasteiger partial charge in [-0.1, -0.05) is 11.3 Å². The van der Waals surface area contributed by atoms with E-state index in [1.54, 1.807) is 0 Å². The molecule has 0 bridgehead atoms. The first-order valence-corrected chi connectivity index (χ1v) is 6.63. The predicted octanol–water partition coefficient (Wildman–Crippen LogP) is 4.16. The number of halogens is 2. The summed E-state index contributed by atoms with van der Waals surface area (Å²) >= 11 is 7.97. The van der Waals surface area contributed by atoms with Crippen molar-refractivity contribution in [3.05, 3.63) is 14.3 Å². The van der Waals surface area contributed by atoms with E-state index in [4.69, 9.17) is 4.74 Å². The van der Waals surface area contributed by atoms with Crippen LogP contribution in [-0.4, -0.2) is 11.6 Å². The topological polar surface area (TPSA) is 38.3 Å². The van der Waals surface area contributed by atoms with Gasteiger partial charge in [0.2, 0.25) is 5.06 Å². The fourth-order valence-electron chi connectivity index (χ4n) is 0.811. The highest BCUT2D eigenvalue weighted by Crippen LogP contribution is 2.37. The van der Waals surface area contributed by atoms with Gasteiger partial charge in [0.1, 0.15) is 0 Å². The van der Waals surface area contributed by atoms with Gasteiger partial charge in [0.15, 0.2) is 0 Å². The minimum absolute atomic E-state index is 0.294. The lowest BCUT2D eigenvalue weighted by atomic mass is 10.1. The second kappa shape index (κ2) is 4.84. The second-order valence-corrected chi connectivity index (χ2v) is 7.20. The van der Waals surface area contributed by atoms with Crippen molar-refractivity contribution in [1.29, 1.82) is 0 Å². The molecule has 84 valence electrons. The molecule has 0 unspecified atom stereocenters. The number of carbonyl (C=O) groups is 1. The molecule has 1 rings (SSSR count). The molecular weight excluding hydrogens is 346 g/mol. The van der Waals surface area contributed by atoms with Crippen LogP contribution < -0.4 is 10.1 Å². The van der Waals surface area contributed by atoms with Crippen LogP contribution in [0.15, 0.2) is 14.3 Å². The van der Waals surface area contributed by atoms with Gasteiger partial charge < -0.3 is 10.1 Å². The van der Waals surface area contributed by atoms with Gasteiger partial charge in [-0.05, 0) is 58.7 Å². The summed E-state index contributed by atoms with van der Waals surface area (Å²) < 4.78 is 6.81. The molecule has 0 aliphatic carbocycles. The molecule has 0 saturated carbocycles. The Morgan fingerprint density at radius 3 is 2.47 bits per heavy atom. The molecule has 1 N–H and O–H groups in total. The molecule has 0 atom stereocenters. The van der Waals surface area contributed by atoms with E-state index in [0.29, 0.717) is 5.06 Å². The highest BCUT2D eigenvalue weighted by molar-refractivity contribution is 9.11. The van der Waals surface area contributed by atoms with Crippen LogP contribution in [0.2, 0.25) is 0 Å². The number of carbonyl (C=O) groups excluding carboxylic acids is 1. The maximum atomic E-state index is 11.4. The first-order chi connectivity index (χ1) is 6.78. The van der Waals surface area contributed by atoms with Crippen LogP contribution in [0.5, 0.6) is 5.06 Å². The van der Waals surface area contributed by atoms with Gasteiger partial charge >= 0.3 is 6.09 Å². The fraction of sp³-hybridized carbons (Fsp3) is 0.444. The van der Waals surface area contributed by atoms with Crippen molar-refractivity contribution in [2.75, 3.05) is 0 Å². The zero-order valence-electron chi connectivity index (χ0n) is 8.56. The molecular formula is C9H11Br2NO2S. The minimum atomic E-state index is -0.447. The van der Waals surface area contributed by atoms with Crippen molar-refractivity contribution in [3.8, 4) is 5.06 Å². The summed E-state index contributed by atoms with van der Waals surface area (Å²) in [5, 5.41) is 3.26. The SMILES string of the molecule is CC(C)(C)NC(=O)Oc1sc(Br)cc1Br. The summed E-state index contributed by atoms with van der Waals surface area (Å²) in [6, 6.07) is 1.84. The first-order valence-electron chi connectivity index (χ1n) is 4.23. The maximum Gasteiger partial charge on any atom is 0.413 e. The summed E-state index contributed by atoms with van der Waals surface area (Å²) in [6.45, 7) is 5.69. The average molecular weight is 357 g/mol. The predicted molar refractivity (Wildman–Crippen MR) is 68.6 cm³/mol. The molecule has 0 saturated heterocycles. The summed E-state index contributed by atoms with van der Waals surface area (Å²) in [5.74, 6) is 0. The Labute approximate surface area is 109 Å². The van der Waals surface area contributed by atoms with Crippen LogP contribution in [0.1, 0.15) is 20.8 Å². The lowest BCUT2D eigenvalue weighted by Crippen LogP contribution is -2.42. The van der Waals surface area contributed by atoms with Crippen molar-refractivity contribution < 1.29 is 9.53 Å². The van der Waals surface area contributed by atoms with Crippen LogP contribution in [0.4, 0.5) is 4.79 Å². The van der Waals surface area contributed by atoms with Gasteiger partial charge in [-0.25, -0.2) is 4.79 Å². The van der Waals surface area contributed by atoms with Crippen LogP contribution in [0.25, 0.3) is 0 Å². The highest BCUT2D eigenvalue weighted by Gasteiger charge is 2.17. The standard InChI is InChI=1S/C9H11Br2NO2S/c1-9(2,3)12-8(13)14-7-5(10)4-6(11)15-7/h4H,1-3H3,(H,12,13). The molecule has 3 nitrogen and oxygen atoms in total. The number of amides is 1. The molecule has 0 aliphatic rings. The number of hydrogen-bond donors (Lipinski definition) is 1. The van der Waals surface area contributed by atoms with Crippen molar-refractivity contribution in [2.24, 2.45) is 0 Å². The van der Waals surface area contributed by atoms with Crippen LogP contribution in [-0.2, 0) is 0 Å². The minimum Gasteiger partial charge on any atom is -0.398 e. The molecule has 6 heteroatoms. The molecule has 1 aromatic heterocycles. The number of ether oxygens (including phenoxy) is 1.